The molecule has 0 unspecified atom stereocenters. The molecule has 2 aliphatic carbocycles. The molecule has 2 saturated carbocycles. The molecule has 4 heteroatoms. The molecule has 4 fully saturated rings. The fraction of sp³-hybridized carbons (Fsp3) is 1.00. The lowest BCUT2D eigenvalue weighted by Crippen LogP contribution is -2.52. The van der Waals surface area contributed by atoms with Crippen LogP contribution in [0.1, 0.15) is 38.5 Å². The van der Waals surface area contributed by atoms with Gasteiger partial charge in [-0.15, -0.1) is 0 Å². The van der Waals surface area contributed by atoms with E-state index < -0.39 is 0 Å². The van der Waals surface area contributed by atoms with Gasteiger partial charge in [0.05, 0.1) is 0 Å². The van der Waals surface area contributed by atoms with Crippen molar-refractivity contribution in [3.63, 3.8) is 0 Å². The summed E-state index contributed by atoms with van der Waals surface area (Å²) in [5, 5.41) is 14.1. The second-order valence-electron chi connectivity index (χ2n) is 6.10. The third-order valence-electron chi connectivity index (χ3n) is 4.91. The monoisotopic (exact) mass is 252 g/mol. The predicted octanol–water partition coefficient (Wildman–Crippen LogP) is 0.201. The van der Waals surface area contributed by atoms with Crippen LogP contribution in [-0.4, -0.2) is 50.3 Å². The lowest BCUT2D eigenvalue weighted by atomic mass is 10.1. The molecule has 4 nitrogen and oxygen atoms in total. The Balaban J connectivity index is 0.000000111. The first-order chi connectivity index (χ1) is 8.93. The molecule has 2 aliphatic heterocycles. The van der Waals surface area contributed by atoms with Crippen LogP contribution in [0, 0.1) is 0 Å². The molecule has 0 spiro atoms. The lowest BCUT2D eigenvalue weighted by molar-refractivity contribution is 0.358. The lowest BCUT2D eigenvalue weighted by Gasteiger charge is -2.27. The summed E-state index contributed by atoms with van der Waals surface area (Å²) in [7, 11) is 0. The fourth-order valence-electron chi connectivity index (χ4n) is 3.93. The molecule has 4 aliphatic rings. The summed E-state index contributed by atoms with van der Waals surface area (Å²) in [4.78, 5) is 0. The van der Waals surface area contributed by atoms with E-state index >= 15 is 0 Å². The van der Waals surface area contributed by atoms with Crippen LogP contribution in [0.5, 0.6) is 0 Å². The highest BCUT2D eigenvalue weighted by Gasteiger charge is 2.28. The first-order valence-electron chi connectivity index (χ1n) is 7.87. The van der Waals surface area contributed by atoms with E-state index in [1.807, 2.05) is 0 Å². The smallest absolute Gasteiger partial charge is 0.0221 e. The van der Waals surface area contributed by atoms with Gasteiger partial charge in [-0.2, -0.15) is 0 Å². The Labute approximate surface area is 111 Å². The van der Waals surface area contributed by atoms with Crippen molar-refractivity contribution < 1.29 is 0 Å². The highest BCUT2D eigenvalue weighted by Crippen LogP contribution is 2.20. The van der Waals surface area contributed by atoms with Gasteiger partial charge in [0.2, 0.25) is 0 Å². The first kappa shape index (κ1) is 12.9. The average Bonchev–Trinajstić information content (AvgIpc) is 3.08. The van der Waals surface area contributed by atoms with E-state index in [4.69, 9.17) is 0 Å². The second kappa shape index (κ2) is 6.33. The van der Waals surface area contributed by atoms with Crippen molar-refractivity contribution in [1.29, 1.82) is 0 Å². The summed E-state index contributed by atoms with van der Waals surface area (Å²) >= 11 is 0. The maximum Gasteiger partial charge on any atom is 0.0221 e. The van der Waals surface area contributed by atoms with E-state index in [1.165, 1.54) is 64.7 Å². The Hall–Kier alpha value is -0.160. The van der Waals surface area contributed by atoms with E-state index in [2.05, 4.69) is 21.3 Å². The fourth-order valence-corrected chi connectivity index (χ4v) is 3.93. The summed E-state index contributed by atoms with van der Waals surface area (Å²) in [6.45, 7) is 4.67. The number of piperazine rings is 2. The minimum Gasteiger partial charge on any atom is -0.311 e. The van der Waals surface area contributed by atoms with Gasteiger partial charge in [-0.25, -0.2) is 0 Å². The molecule has 4 N–H and O–H groups in total. The molecular weight excluding hydrogens is 224 g/mol. The van der Waals surface area contributed by atoms with Crippen LogP contribution in [0.3, 0.4) is 0 Å². The quantitative estimate of drug-likeness (QED) is 0.497. The van der Waals surface area contributed by atoms with Crippen LogP contribution in [-0.2, 0) is 0 Å². The number of hydrogen-bond acceptors (Lipinski definition) is 4. The van der Waals surface area contributed by atoms with Crippen molar-refractivity contribution >= 4 is 0 Å². The van der Waals surface area contributed by atoms with Crippen molar-refractivity contribution in [2.45, 2.75) is 62.7 Å². The maximum atomic E-state index is 3.52. The number of rotatable bonds is 0. The van der Waals surface area contributed by atoms with Crippen molar-refractivity contribution in [1.82, 2.24) is 21.3 Å². The van der Waals surface area contributed by atoms with Crippen LogP contribution in [0.15, 0.2) is 0 Å². The third-order valence-corrected chi connectivity index (χ3v) is 4.91. The zero-order chi connectivity index (χ0) is 12.2. The molecule has 0 bridgehead atoms. The molecule has 18 heavy (non-hydrogen) atoms. The molecule has 2 heterocycles. The normalized spacial score (nSPS) is 42.7. The second-order valence-corrected chi connectivity index (χ2v) is 6.10. The number of nitrogens with one attached hydrogen (secondary N) is 4. The molecule has 0 aromatic rings. The summed E-state index contributed by atoms with van der Waals surface area (Å²) in [5.41, 5.74) is 0. The SMILES string of the molecule is C1C[C@@H]2NCCN[C@@H]2C1.C1C[C@@H]2NCCN[C@@H]2C1. The Morgan fingerprint density at radius 3 is 1.00 bits per heavy atom. The first-order valence-corrected chi connectivity index (χ1v) is 7.87. The topological polar surface area (TPSA) is 48.1 Å². The van der Waals surface area contributed by atoms with Crippen LogP contribution in [0.2, 0.25) is 0 Å². The summed E-state index contributed by atoms with van der Waals surface area (Å²) < 4.78 is 0. The summed E-state index contributed by atoms with van der Waals surface area (Å²) in [6.07, 6.45) is 8.37. The highest BCUT2D eigenvalue weighted by atomic mass is 15.1. The van der Waals surface area contributed by atoms with Gasteiger partial charge in [0.1, 0.15) is 0 Å². The van der Waals surface area contributed by atoms with E-state index in [1.54, 1.807) is 0 Å². The van der Waals surface area contributed by atoms with Gasteiger partial charge in [0, 0.05) is 50.3 Å². The van der Waals surface area contributed by atoms with Gasteiger partial charge < -0.3 is 21.3 Å². The minimum absolute atomic E-state index is 0.804. The van der Waals surface area contributed by atoms with Crippen LogP contribution in [0.4, 0.5) is 0 Å². The average molecular weight is 252 g/mol. The minimum atomic E-state index is 0.804. The van der Waals surface area contributed by atoms with Crippen LogP contribution >= 0.6 is 0 Å². The zero-order valence-corrected chi connectivity index (χ0v) is 11.4. The van der Waals surface area contributed by atoms with Crippen molar-refractivity contribution in [2.75, 3.05) is 26.2 Å². The van der Waals surface area contributed by atoms with Crippen molar-refractivity contribution in [3.8, 4) is 0 Å². The molecule has 104 valence electrons. The van der Waals surface area contributed by atoms with Gasteiger partial charge in [0.15, 0.2) is 0 Å². The molecule has 4 atom stereocenters. The summed E-state index contributed by atoms with van der Waals surface area (Å²) in [6, 6.07) is 3.22. The van der Waals surface area contributed by atoms with Crippen LogP contribution in [0.25, 0.3) is 0 Å². The van der Waals surface area contributed by atoms with Gasteiger partial charge in [-0.3, -0.25) is 0 Å². The largest absolute Gasteiger partial charge is 0.311 e. The van der Waals surface area contributed by atoms with Gasteiger partial charge >= 0.3 is 0 Å². The predicted molar refractivity (Wildman–Crippen MR) is 74.9 cm³/mol. The maximum absolute atomic E-state index is 3.52. The molecule has 0 aromatic carbocycles. The van der Waals surface area contributed by atoms with Gasteiger partial charge in [-0.05, 0) is 25.7 Å². The van der Waals surface area contributed by atoms with Crippen LogP contribution < -0.4 is 21.3 Å². The Bertz CT molecular complexity index is 208. The number of fused-ring (bicyclic) bond motifs is 2. The zero-order valence-electron chi connectivity index (χ0n) is 11.4. The van der Waals surface area contributed by atoms with Crippen molar-refractivity contribution in [2.24, 2.45) is 0 Å². The van der Waals surface area contributed by atoms with E-state index in [0.29, 0.717) is 0 Å². The van der Waals surface area contributed by atoms with E-state index in [9.17, 15) is 0 Å². The number of hydrogen-bond donors (Lipinski definition) is 4. The Kier molecular flexibility index (Phi) is 4.52. The Morgan fingerprint density at radius 1 is 0.444 bits per heavy atom. The molecular formula is C14H28N4. The van der Waals surface area contributed by atoms with E-state index in [-0.39, 0.29) is 0 Å². The molecule has 0 radical (unpaired) electrons. The Morgan fingerprint density at radius 2 is 0.722 bits per heavy atom. The molecule has 2 saturated heterocycles. The molecule has 0 amide bonds. The molecule has 0 aromatic heterocycles. The third kappa shape index (κ3) is 3.05. The van der Waals surface area contributed by atoms with E-state index in [0.717, 1.165) is 24.2 Å². The highest BCUT2D eigenvalue weighted by molar-refractivity contribution is 4.92. The van der Waals surface area contributed by atoms with Gasteiger partial charge in [-0.1, -0.05) is 12.8 Å². The molecule has 4 rings (SSSR count). The standard InChI is InChI=1S/2C7H14N2/c2*1-2-6-7(3-1)9-5-4-8-6/h2*6-9H,1-5H2/t2*6-,7+. The van der Waals surface area contributed by atoms with Gasteiger partial charge in [0.25, 0.3) is 0 Å². The van der Waals surface area contributed by atoms with Crippen molar-refractivity contribution in [3.05, 3.63) is 0 Å². The summed E-state index contributed by atoms with van der Waals surface area (Å²) in [5.74, 6) is 0.